The molecular formula is C10H17ClN2O. The van der Waals surface area contributed by atoms with Gasteiger partial charge in [-0.2, -0.15) is 0 Å². The summed E-state index contributed by atoms with van der Waals surface area (Å²) in [6.07, 6.45) is 2.45. The lowest BCUT2D eigenvalue weighted by atomic mass is 9.84. The van der Waals surface area contributed by atoms with Gasteiger partial charge < -0.3 is 10.2 Å². The first-order valence-electron chi connectivity index (χ1n) is 5.33. The third-order valence-electron chi connectivity index (χ3n) is 3.35. The number of carbonyl (C=O) groups excluding carboxylic acids is 1. The Morgan fingerprint density at radius 2 is 2.14 bits per heavy atom. The summed E-state index contributed by atoms with van der Waals surface area (Å²) < 4.78 is 0. The smallest absolute Gasteiger partial charge is 0.238 e. The largest absolute Gasteiger partial charge is 0.351 e. The molecule has 0 spiro atoms. The number of alkyl halides is 1. The number of hydrogen-bond acceptors (Lipinski definition) is 2. The van der Waals surface area contributed by atoms with Crippen LogP contribution in [-0.4, -0.2) is 41.9 Å². The van der Waals surface area contributed by atoms with Gasteiger partial charge in [-0.3, -0.25) is 4.79 Å². The Labute approximate surface area is 89.8 Å². The van der Waals surface area contributed by atoms with E-state index in [4.69, 9.17) is 11.6 Å². The maximum Gasteiger partial charge on any atom is 0.238 e. The van der Waals surface area contributed by atoms with E-state index in [1.165, 1.54) is 25.9 Å². The van der Waals surface area contributed by atoms with Crippen LogP contribution in [0.4, 0.5) is 0 Å². The van der Waals surface area contributed by atoms with Crippen LogP contribution >= 0.6 is 11.6 Å². The van der Waals surface area contributed by atoms with Crippen LogP contribution in [0, 0.1) is 5.92 Å². The normalized spacial score (nSPS) is 38.0. The minimum atomic E-state index is -0.412. The van der Waals surface area contributed by atoms with Gasteiger partial charge in [0.15, 0.2) is 0 Å². The second-order valence-corrected chi connectivity index (χ2v) is 5.02. The Balaban J connectivity index is 1.90. The van der Waals surface area contributed by atoms with Gasteiger partial charge in [-0.05, 0) is 38.8 Å². The summed E-state index contributed by atoms with van der Waals surface area (Å²) in [6, 6.07) is 0.339. The van der Waals surface area contributed by atoms with E-state index in [1.54, 1.807) is 6.92 Å². The molecule has 0 aromatic carbocycles. The Morgan fingerprint density at radius 3 is 2.57 bits per heavy atom. The Bertz CT molecular complexity index is 224. The van der Waals surface area contributed by atoms with Gasteiger partial charge in [0.2, 0.25) is 5.91 Å². The van der Waals surface area contributed by atoms with Gasteiger partial charge in [0, 0.05) is 12.6 Å². The number of fused-ring (bicyclic) bond motifs is 3. The summed E-state index contributed by atoms with van der Waals surface area (Å²) in [6.45, 7) is 5.14. The molecular weight excluding hydrogens is 200 g/mol. The Hall–Kier alpha value is -0.280. The Morgan fingerprint density at radius 1 is 1.50 bits per heavy atom. The van der Waals surface area contributed by atoms with E-state index < -0.39 is 5.38 Å². The molecule has 1 N–H and O–H groups in total. The molecule has 0 aromatic rings. The number of halogens is 1. The molecule has 4 heteroatoms. The first-order valence-corrected chi connectivity index (χ1v) is 5.77. The highest BCUT2D eigenvalue weighted by molar-refractivity contribution is 6.30. The minimum absolute atomic E-state index is 0.0228. The first-order chi connectivity index (χ1) is 6.66. The number of hydrogen-bond donors (Lipinski definition) is 1. The molecule has 14 heavy (non-hydrogen) atoms. The molecule has 3 aliphatic heterocycles. The van der Waals surface area contributed by atoms with Crippen molar-refractivity contribution in [2.75, 3.05) is 19.6 Å². The number of nitrogens with zero attached hydrogens (tertiary/aromatic N) is 1. The van der Waals surface area contributed by atoms with Crippen LogP contribution < -0.4 is 5.32 Å². The summed E-state index contributed by atoms with van der Waals surface area (Å²) in [5.74, 6) is 0.657. The van der Waals surface area contributed by atoms with E-state index in [0.29, 0.717) is 12.0 Å². The van der Waals surface area contributed by atoms with Crippen LogP contribution in [0.5, 0.6) is 0 Å². The minimum Gasteiger partial charge on any atom is -0.351 e. The average molecular weight is 217 g/mol. The highest BCUT2D eigenvalue weighted by Crippen LogP contribution is 2.27. The first kappa shape index (κ1) is 10.2. The van der Waals surface area contributed by atoms with Crippen LogP contribution in [0.25, 0.3) is 0 Å². The molecule has 0 saturated carbocycles. The monoisotopic (exact) mass is 216 g/mol. The quantitative estimate of drug-likeness (QED) is 0.694. The van der Waals surface area contributed by atoms with E-state index in [9.17, 15) is 4.79 Å². The van der Waals surface area contributed by atoms with Crippen molar-refractivity contribution in [3.8, 4) is 0 Å². The van der Waals surface area contributed by atoms with E-state index in [2.05, 4.69) is 10.2 Å². The van der Waals surface area contributed by atoms with Gasteiger partial charge >= 0.3 is 0 Å². The standard InChI is InChI=1S/C10H17ClN2O/c1-7(11)10(14)12-9-6-13-4-2-8(9)3-5-13/h7-9H,2-6H2,1H3,(H,12,14). The fraction of sp³-hybridized carbons (Fsp3) is 0.900. The lowest BCUT2D eigenvalue weighted by molar-refractivity contribution is -0.122. The van der Waals surface area contributed by atoms with Crippen LogP contribution in [0.3, 0.4) is 0 Å². The van der Waals surface area contributed by atoms with Gasteiger partial charge in [0.25, 0.3) is 0 Å². The second kappa shape index (κ2) is 4.07. The van der Waals surface area contributed by atoms with E-state index in [0.717, 1.165) is 6.54 Å². The molecule has 3 rings (SSSR count). The number of carbonyl (C=O) groups is 1. The van der Waals surface area contributed by atoms with Crippen LogP contribution in [-0.2, 0) is 4.79 Å². The van der Waals surface area contributed by atoms with Crippen LogP contribution in [0.1, 0.15) is 19.8 Å². The number of rotatable bonds is 2. The summed E-state index contributed by atoms with van der Waals surface area (Å²) in [4.78, 5) is 13.8. The topological polar surface area (TPSA) is 32.3 Å². The molecule has 3 heterocycles. The molecule has 2 bridgehead atoms. The van der Waals surface area contributed by atoms with E-state index in [1.807, 2.05) is 0 Å². The maximum atomic E-state index is 11.4. The van der Waals surface area contributed by atoms with Crippen LogP contribution in [0.2, 0.25) is 0 Å². The van der Waals surface area contributed by atoms with Crippen molar-refractivity contribution < 1.29 is 4.79 Å². The van der Waals surface area contributed by atoms with Crippen molar-refractivity contribution in [2.45, 2.75) is 31.2 Å². The van der Waals surface area contributed by atoms with Crippen molar-refractivity contribution in [3.63, 3.8) is 0 Å². The molecule has 1 amide bonds. The van der Waals surface area contributed by atoms with E-state index in [-0.39, 0.29) is 5.91 Å². The molecule has 0 aliphatic carbocycles. The summed E-state index contributed by atoms with van der Waals surface area (Å²) in [7, 11) is 0. The SMILES string of the molecule is CC(Cl)C(=O)NC1CN2CCC1CC2. The predicted octanol–water partition coefficient (Wildman–Crippen LogP) is 0.824. The fourth-order valence-electron chi connectivity index (χ4n) is 2.43. The second-order valence-electron chi connectivity index (χ2n) is 4.37. The highest BCUT2D eigenvalue weighted by Gasteiger charge is 2.35. The van der Waals surface area contributed by atoms with Crippen molar-refractivity contribution in [1.82, 2.24) is 10.2 Å². The van der Waals surface area contributed by atoms with Gasteiger partial charge in [-0.25, -0.2) is 0 Å². The van der Waals surface area contributed by atoms with Gasteiger partial charge in [0.1, 0.15) is 5.38 Å². The average Bonchev–Trinajstić information content (AvgIpc) is 2.19. The zero-order valence-corrected chi connectivity index (χ0v) is 9.26. The predicted molar refractivity (Wildman–Crippen MR) is 56.4 cm³/mol. The van der Waals surface area contributed by atoms with Gasteiger partial charge in [-0.15, -0.1) is 11.6 Å². The van der Waals surface area contributed by atoms with Crippen molar-refractivity contribution in [3.05, 3.63) is 0 Å². The van der Waals surface area contributed by atoms with Crippen molar-refractivity contribution in [2.24, 2.45) is 5.92 Å². The van der Waals surface area contributed by atoms with Gasteiger partial charge in [-0.1, -0.05) is 0 Å². The fourth-order valence-corrected chi connectivity index (χ4v) is 2.49. The molecule has 3 fully saturated rings. The summed E-state index contributed by atoms with van der Waals surface area (Å²) in [5, 5.41) is 2.63. The zero-order valence-electron chi connectivity index (χ0n) is 8.50. The number of amides is 1. The highest BCUT2D eigenvalue weighted by atomic mass is 35.5. The number of piperidine rings is 3. The number of nitrogens with one attached hydrogen (secondary N) is 1. The Kier molecular flexibility index (Phi) is 2.98. The van der Waals surface area contributed by atoms with E-state index >= 15 is 0 Å². The summed E-state index contributed by atoms with van der Waals surface area (Å²) in [5.41, 5.74) is 0. The van der Waals surface area contributed by atoms with Crippen molar-refractivity contribution in [1.29, 1.82) is 0 Å². The molecule has 3 saturated heterocycles. The molecule has 2 atom stereocenters. The lowest BCUT2D eigenvalue weighted by Gasteiger charge is -2.45. The van der Waals surface area contributed by atoms with Crippen molar-refractivity contribution >= 4 is 17.5 Å². The lowest BCUT2D eigenvalue weighted by Crippen LogP contribution is -2.58. The molecule has 3 nitrogen and oxygen atoms in total. The molecule has 2 unspecified atom stereocenters. The molecule has 3 aliphatic rings. The molecule has 0 aromatic heterocycles. The zero-order chi connectivity index (χ0) is 10.1. The molecule has 80 valence electrons. The summed E-state index contributed by atoms with van der Waals surface area (Å²) >= 11 is 5.72. The molecule has 0 radical (unpaired) electrons. The van der Waals surface area contributed by atoms with Crippen LogP contribution in [0.15, 0.2) is 0 Å². The van der Waals surface area contributed by atoms with Gasteiger partial charge in [0.05, 0.1) is 0 Å². The maximum absolute atomic E-state index is 11.4. The third kappa shape index (κ3) is 2.04. The third-order valence-corrected chi connectivity index (χ3v) is 3.54.